The summed E-state index contributed by atoms with van der Waals surface area (Å²) >= 11 is 0. The molecular weight excluding hydrogens is 388 g/mol. The molecule has 2 atom stereocenters. The lowest BCUT2D eigenvalue weighted by molar-refractivity contribution is -0.136. The molecule has 0 radical (unpaired) electrons. The van der Waals surface area contributed by atoms with Crippen molar-refractivity contribution in [3.8, 4) is 5.88 Å². The van der Waals surface area contributed by atoms with Crippen LogP contribution in [-0.2, 0) is 9.59 Å². The van der Waals surface area contributed by atoms with Crippen LogP contribution in [0.5, 0.6) is 5.88 Å². The van der Waals surface area contributed by atoms with Gasteiger partial charge in [0.25, 0.3) is 11.8 Å². The van der Waals surface area contributed by atoms with Crippen molar-refractivity contribution in [3.05, 3.63) is 53.2 Å². The third-order valence-corrected chi connectivity index (χ3v) is 5.31. The first-order valence-electron chi connectivity index (χ1n) is 9.51. The van der Waals surface area contributed by atoms with Gasteiger partial charge in [-0.2, -0.15) is 0 Å². The number of ether oxygens (including phenoxy) is 1. The van der Waals surface area contributed by atoms with Crippen LogP contribution >= 0.6 is 0 Å². The van der Waals surface area contributed by atoms with Crippen LogP contribution in [0, 0.1) is 0 Å². The Morgan fingerprint density at radius 2 is 1.97 bits per heavy atom. The van der Waals surface area contributed by atoms with Gasteiger partial charge < -0.3 is 10.1 Å². The number of pyridine rings is 1. The number of fused-ring (bicyclic) bond motifs is 1. The smallest absolute Gasteiger partial charge is 0.264 e. The first kappa shape index (κ1) is 19.6. The maximum atomic E-state index is 13.1. The molecule has 0 spiro atoms. The summed E-state index contributed by atoms with van der Waals surface area (Å²) in [5.41, 5.74) is 1.81. The van der Waals surface area contributed by atoms with Gasteiger partial charge in [0, 0.05) is 24.4 Å². The van der Waals surface area contributed by atoms with Crippen molar-refractivity contribution in [2.24, 2.45) is 0 Å². The number of carbonyl (C=O) groups excluding carboxylic acids is 4. The number of nitrogens with zero attached hydrogens (tertiary/aromatic N) is 2. The van der Waals surface area contributed by atoms with E-state index in [-0.39, 0.29) is 30.0 Å². The van der Waals surface area contributed by atoms with Crippen molar-refractivity contribution in [1.82, 2.24) is 15.2 Å². The molecule has 2 aromatic rings. The lowest BCUT2D eigenvalue weighted by atomic mass is 10.0. The molecule has 9 nitrogen and oxygen atoms in total. The van der Waals surface area contributed by atoms with E-state index >= 15 is 0 Å². The number of methoxy groups -OCH3 is 1. The standard InChI is InChI=1S/C21H20N4O5/c1-11(12-6-9-17(30-2)22-10-12)23-14-5-3-4-13-18(14)21(29)25(20(13)28)15-7-8-16(26)24-19(15)27/h3-6,9-11,15,23H,7-8H2,1-2H3,(H,24,26,27)/t11-,15?/m0/s1. The maximum Gasteiger partial charge on any atom is 0.264 e. The van der Waals surface area contributed by atoms with E-state index in [0.717, 1.165) is 10.5 Å². The lowest BCUT2D eigenvalue weighted by Crippen LogP contribution is -2.54. The Morgan fingerprint density at radius 3 is 2.63 bits per heavy atom. The highest BCUT2D eigenvalue weighted by molar-refractivity contribution is 6.25. The molecular formula is C21H20N4O5. The monoisotopic (exact) mass is 408 g/mol. The Morgan fingerprint density at radius 1 is 1.17 bits per heavy atom. The number of hydrogen-bond donors (Lipinski definition) is 2. The highest BCUT2D eigenvalue weighted by atomic mass is 16.5. The maximum absolute atomic E-state index is 13.1. The van der Waals surface area contributed by atoms with Crippen LogP contribution in [0.1, 0.15) is 52.1 Å². The highest BCUT2D eigenvalue weighted by Gasteiger charge is 2.45. The van der Waals surface area contributed by atoms with Gasteiger partial charge >= 0.3 is 0 Å². The average molecular weight is 408 g/mol. The molecule has 2 aliphatic heterocycles. The van der Waals surface area contributed by atoms with E-state index in [0.29, 0.717) is 11.6 Å². The fourth-order valence-corrected chi connectivity index (χ4v) is 3.72. The molecule has 2 aliphatic rings. The molecule has 1 aromatic heterocycles. The highest BCUT2D eigenvalue weighted by Crippen LogP contribution is 2.34. The van der Waals surface area contributed by atoms with Crippen LogP contribution in [0.4, 0.5) is 5.69 Å². The van der Waals surface area contributed by atoms with E-state index in [4.69, 9.17) is 4.74 Å². The van der Waals surface area contributed by atoms with Crippen LogP contribution in [0.3, 0.4) is 0 Å². The topological polar surface area (TPSA) is 118 Å². The molecule has 154 valence electrons. The second-order valence-electron chi connectivity index (χ2n) is 7.18. The molecule has 1 unspecified atom stereocenters. The SMILES string of the molecule is COc1ccc([C@H](C)Nc2cccc3c2C(=O)N(C2CCC(=O)NC2=O)C3=O)cn1. The van der Waals surface area contributed by atoms with Crippen molar-refractivity contribution in [2.75, 3.05) is 12.4 Å². The minimum Gasteiger partial charge on any atom is -0.481 e. The fourth-order valence-electron chi connectivity index (χ4n) is 3.72. The molecule has 30 heavy (non-hydrogen) atoms. The van der Waals surface area contributed by atoms with Gasteiger partial charge in [0.15, 0.2) is 0 Å². The number of anilines is 1. The summed E-state index contributed by atoms with van der Waals surface area (Å²) in [6, 6.07) is 7.35. The minimum atomic E-state index is -0.994. The fraction of sp³-hybridized carbons (Fsp3) is 0.286. The summed E-state index contributed by atoms with van der Waals surface area (Å²) in [5.74, 6) is -1.63. The predicted octanol–water partition coefficient (Wildman–Crippen LogP) is 1.66. The number of carbonyl (C=O) groups is 4. The van der Waals surface area contributed by atoms with Gasteiger partial charge in [-0.3, -0.25) is 29.4 Å². The van der Waals surface area contributed by atoms with E-state index in [2.05, 4.69) is 15.6 Å². The van der Waals surface area contributed by atoms with Gasteiger partial charge in [-0.1, -0.05) is 12.1 Å². The third-order valence-electron chi connectivity index (χ3n) is 5.31. The van der Waals surface area contributed by atoms with Crippen molar-refractivity contribution in [3.63, 3.8) is 0 Å². The van der Waals surface area contributed by atoms with E-state index in [1.165, 1.54) is 7.11 Å². The number of piperidine rings is 1. The van der Waals surface area contributed by atoms with Crippen LogP contribution in [0.25, 0.3) is 0 Å². The van der Waals surface area contributed by atoms with Crippen molar-refractivity contribution in [1.29, 1.82) is 0 Å². The summed E-state index contributed by atoms with van der Waals surface area (Å²) in [5, 5.41) is 5.45. The number of aromatic nitrogens is 1. The van der Waals surface area contributed by atoms with Gasteiger partial charge in [0.05, 0.1) is 24.3 Å². The first-order chi connectivity index (χ1) is 14.4. The molecule has 1 aromatic carbocycles. The Bertz CT molecular complexity index is 1050. The van der Waals surface area contributed by atoms with E-state index in [9.17, 15) is 19.2 Å². The van der Waals surface area contributed by atoms with Gasteiger partial charge in [-0.15, -0.1) is 0 Å². The number of imide groups is 2. The van der Waals surface area contributed by atoms with Crippen LogP contribution in [0.15, 0.2) is 36.5 Å². The second kappa shape index (κ2) is 7.58. The van der Waals surface area contributed by atoms with Crippen molar-refractivity contribution >= 4 is 29.3 Å². The molecule has 0 aliphatic carbocycles. The van der Waals surface area contributed by atoms with Crippen molar-refractivity contribution in [2.45, 2.75) is 31.8 Å². The summed E-state index contributed by atoms with van der Waals surface area (Å²) in [6.07, 6.45) is 1.87. The Hall–Kier alpha value is -3.75. The number of amides is 4. The Labute approximate surface area is 172 Å². The lowest BCUT2D eigenvalue weighted by Gasteiger charge is -2.28. The second-order valence-corrected chi connectivity index (χ2v) is 7.18. The van der Waals surface area contributed by atoms with E-state index < -0.39 is 29.7 Å². The quantitative estimate of drug-likeness (QED) is 0.723. The number of hydrogen-bond acceptors (Lipinski definition) is 7. The first-order valence-corrected chi connectivity index (χ1v) is 9.51. The van der Waals surface area contributed by atoms with Crippen LogP contribution < -0.4 is 15.4 Å². The molecule has 1 fully saturated rings. The number of rotatable bonds is 5. The predicted molar refractivity (Wildman–Crippen MR) is 106 cm³/mol. The largest absolute Gasteiger partial charge is 0.481 e. The zero-order valence-corrected chi connectivity index (χ0v) is 16.5. The molecule has 3 heterocycles. The molecule has 4 amide bonds. The normalized spacial score (nSPS) is 19.4. The Kier molecular flexibility index (Phi) is 4.94. The number of benzene rings is 1. The summed E-state index contributed by atoms with van der Waals surface area (Å²) in [6.45, 7) is 1.90. The molecule has 0 bridgehead atoms. The zero-order valence-electron chi connectivity index (χ0n) is 16.5. The summed E-state index contributed by atoms with van der Waals surface area (Å²) in [4.78, 5) is 54.8. The summed E-state index contributed by atoms with van der Waals surface area (Å²) < 4.78 is 5.07. The molecule has 2 N–H and O–H groups in total. The average Bonchev–Trinajstić information content (AvgIpc) is 2.99. The van der Waals surface area contributed by atoms with Crippen molar-refractivity contribution < 1.29 is 23.9 Å². The molecule has 4 rings (SSSR count). The van der Waals surface area contributed by atoms with E-state index in [1.807, 2.05) is 13.0 Å². The van der Waals surface area contributed by atoms with Crippen LogP contribution in [-0.4, -0.2) is 46.7 Å². The van der Waals surface area contributed by atoms with Gasteiger partial charge in [0.1, 0.15) is 6.04 Å². The molecule has 0 saturated carbocycles. The Balaban J connectivity index is 1.61. The van der Waals surface area contributed by atoms with Gasteiger partial charge in [-0.25, -0.2) is 4.98 Å². The molecule has 1 saturated heterocycles. The summed E-state index contributed by atoms with van der Waals surface area (Å²) in [7, 11) is 1.54. The number of nitrogens with one attached hydrogen (secondary N) is 2. The molecule has 9 heteroatoms. The minimum absolute atomic E-state index is 0.0798. The van der Waals surface area contributed by atoms with Crippen LogP contribution in [0.2, 0.25) is 0 Å². The van der Waals surface area contributed by atoms with Gasteiger partial charge in [0.2, 0.25) is 17.7 Å². The third kappa shape index (κ3) is 3.28. The van der Waals surface area contributed by atoms with Gasteiger partial charge in [-0.05, 0) is 31.0 Å². The zero-order chi connectivity index (χ0) is 21.4. The van der Waals surface area contributed by atoms with E-state index in [1.54, 1.807) is 30.5 Å².